The Labute approximate surface area is 149 Å². The minimum Gasteiger partial charge on any atom is -0.480 e. The van der Waals surface area contributed by atoms with E-state index in [2.05, 4.69) is 0 Å². The van der Waals surface area contributed by atoms with Crippen molar-refractivity contribution in [3.8, 4) is 0 Å². The van der Waals surface area contributed by atoms with E-state index in [0.29, 0.717) is 0 Å². The van der Waals surface area contributed by atoms with Crippen LogP contribution in [-0.4, -0.2) is 66.3 Å². The number of hydrogen-bond acceptors (Lipinski definition) is 4. The van der Waals surface area contributed by atoms with Gasteiger partial charge in [-0.2, -0.15) is 13.2 Å². The van der Waals surface area contributed by atoms with Crippen molar-refractivity contribution < 1.29 is 37.4 Å². The predicted octanol–water partition coefficient (Wildman–Crippen LogP) is 1.27. The SMILES string of the molecule is CO[C@H](C)[C@H](NC(=O)C(F)(F)F)C(=O)N(CC(=O)O)C[C@H]1C(C)C1(C)C. The van der Waals surface area contributed by atoms with Crippen molar-refractivity contribution in [1.82, 2.24) is 10.2 Å². The van der Waals surface area contributed by atoms with Gasteiger partial charge in [-0.05, 0) is 24.2 Å². The minimum absolute atomic E-state index is 0.0163. The molecule has 0 saturated heterocycles. The Morgan fingerprint density at radius 2 is 1.81 bits per heavy atom. The van der Waals surface area contributed by atoms with Gasteiger partial charge in [0.2, 0.25) is 5.91 Å². The second-order valence-corrected chi connectivity index (χ2v) is 7.22. The van der Waals surface area contributed by atoms with Crippen molar-refractivity contribution in [2.75, 3.05) is 20.2 Å². The fraction of sp³-hybridized carbons (Fsp3) is 0.812. The van der Waals surface area contributed by atoms with Gasteiger partial charge in [0.1, 0.15) is 12.6 Å². The number of carbonyl (C=O) groups is 3. The van der Waals surface area contributed by atoms with Crippen LogP contribution in [0, 0.1) is 17.3 Å². The molecule has 0 radical (unpaired) electrons. The maximum absolute atomic E-state index is 12.7. The minimum atomic E-state index is -5.17. The molecule has 2 amide bonds. The van der Waals surface area contributed by atoms with E-state index in [1.165, 1.54) is 14.0 Å². The number of carboxylic acid groups (broad SMARTS) is 1. The van der Waals surface area contributed by atoms with Gasteiger partial charge in [-0.15, -0.1) is 0 Å². The average molecular weight is 382 g/mol. The number of nitrogens with one attached hydrogen (secondary N) is 1. The number of amides is 2. The van der Waals surface area contributed by atoms with Gasteiger partial charge in [0.05, 0.1) is 6.10 Å². The normalized spacial score (nSPS) is 23.7. The van der Waals surface area contributed by atoms with Crippen LogP contribution in [0.1, 0.15) is 27.7 Å². The first kappa shape index (κ1) is 22.2. The lowest BCUT2D eigenvalue weighted by Gasteiger charge is -2.30. The Morgan fingerprint density at radius 1 is 1.31 bits per heavy atom. The number of nitrogens with zero attached hydrogens (tertiary/aromatic N) is 1. The molecular weight excluding hydrogens is 357 g/mol. The van der Waals surface area contributed by atoms with Gasteiger partial charge in [0.15, 0.2) is 0 Å². The molecule has 150 valence electrons. The molecule has 4 atom stereocenters. The molecular formula is C16H25F3N2O5. The van der Waals surface area contributed by atoms with Gasteiger partial charge in [-0.25, -0.2) is 0 Å². The molecule has 0 aromatic heterocycles. The quantitative estimate of drug-likeness (QED) is 0.659. The van der Waals surface area contributed by atoms with E-state index in [4.69, 9.17) is 9.84 Å². The number of aliphatic carboxylic acids is 1. The first-order valence-electron chi connectivity index (χ1n) is 8.14. The van der Waals surface area contributed by atoms with Crippen LogP contribution in [0.25, 0.3) is 0 Å². The Bertz CT molecular complexity index is 565. The Morgan fingerprint density at radius 3 is 2.15 bits per heavy atom. The van der Waals surface area contributed by atoms with E-state index in [1.54, 1.807) is 5.32 Å². The molecule has 1 aliphatic carbocycles. The van der Waals surface area contributed by atoms with Gasteiger partial charge in [0, 0.05) is 13.7 Å². The first-order chi connectivity index (χ1) is 11.7. The molecule has 7 nitrogen and oxygen atoms in total. The molecule has 0 aromatic rings. The summed E-state index contributed by atoms with van der Waals surface area (Å²) in [7, 11) is 1.18. The fourth-order valence-corrected chi connectivity index (χ4v) is 2.98. The summed E-state index contributed by atoms with van der Waals surface area (Å²) in [6, 6.07) is -1.65. The maximum Gasteiger partial charge on any atom is 0.471 e. The zero-order chi connectivity index (χ0) is 20.4. The molecule has 0 heterocycles. The van der Waals surface area contributed by atoms with Crippen LogP contribution in [-0.2, 0) is 19.1 Å². The van der Waals surface area contributed by atoms with Gasteiger partial charge >= 0.3 is 18.1 Å². The van der Waals surface area contributed by atoms with E-state index in [9.17, 15) is 27.6 Å². The summed E-state index contributed by atoms with van der Waals surface area (Å²) in [5.41, 5.74) is -0.103. The molecule has 1 unspecified atom stereocenters. The highest BCUT2D eigenvalue weighted by Crippen LogP contribution is 2.58. The predicted molar refractivity (Wildman–Crippen MR) is 85.1 cm³/mol. The molecule has 1 aliphatic rings. The van der Waals surface area contributed by atoms with Crippen LogP contribution >= 0.6 is 0 Å². The third kappa shape index (κ3) is 5.09. The molecule has 26 heavy (non-hydrogen) atoms. The van der Waals surface area contributed by atoms with Crippen molar-refractivity contribution in [3.05, 3.63) is 0 Å². The molecule has 2 N–H and O–H groups in total. The monoisotopic (exact) mass is 382 g/mol. The lowest BCUT2D eigenvalue weighted by molar-refractivity contribution is -0.176. The van der Waals surface area contributed by atoms with Crippen LogP contribution in [0.5, 0.6) is 0 Å². The second-order valence-electron chi connectivity index (χ2n) is 7.22. The first-order valence-corrected chi connectivity index (χ1v) is 8.14. The molecule has 0 aliphatic heterocycles. The zero-order valence-electron chi connectivity index (χ0n) is 15.4. The highest BCUT2D eigenvalue weighted by Gasteiger charge is 2.55. The van der Waals surface area contributed by atoms with E-state index in [0.717, 1.165) is 4.90 Å². The summed E-state index contributed by atoms with van der Waals surface area (Å²) in [4.78, 5) is 36.1. The number of halogens is 3. The van der Waals surface area contributed by atoms with Gasteiger partial charge in [-0.3, -0.25) is 14.4 Å². The molecule has 0 aromatic carbocycles. The molecule has 10 heteroatoms. The van der Waals surface area contributed by atoms with Crippen molar-refractivity contribution in [3.63, 3.8) is 0 Å². The van der Waals surface area contributed by atoms with E-state index < -0.39 is 42.7 Å². The summed E-state index contributed by atoms with van der Waals surface area (Å²) in [5, 5.41) is 10.7. The van der Waals surface area contributed by atoms with Crippen molar-refractivity contribution in [1.29, 1.82) is 0 Å². The number of carboxylic acids is 1. The van der Waals surface area contributed by atoms with Crippen LogP contribution in [0.3, 0.4) is 0 Å². The molecule has 0 bridgehead atoms. The van der Waals surface area contributed by atoms with Crippen molar-refractivity contribution >= 4 is 17.8 Å². The number of hydrogen-bond donors (Lipinski definition) is 2. The Balaban J connectivity index is 3.01. The van der Waals surface area contributed by atoms with Gasteiger partial charge in [-0.1, -0.05) is 20.8 Å². The number of rotatable bonds is 8. The van der Waals surface area contributed by atoms with Crippen LogP contribution in [0.15, 0.2) is 0 Å². The lowest BCUT2D eigenvalue weighted by atomic mass is 10.1. The van der Waals surface area contributed by atoms with Gasteiger partial charge < -0.3 is 20.1 Å². The van der Waals surface area contributed by atoms with Crippen LogP contribution in [0.4, 0.5) is 13.2 Å². The highest BCUT2D eigenvalue weighted by atomic mass is 19.4. The molecule has 0 spiro atoms. The number of methoxy groups -OCH3 is 1. The topological polar surface area (TPSA) is 95.9 Å². The second kappa shape index (κ2) is 7.81. The lowest BCUT2D eigenvalue weighted by Crippen LogP contribution is -2.57. The van der Waals surface area contributed by atoms with Gasteiger partial charge in [0.25, 0.3) is 0 Å². The zero-order valence-corrected chi connectivity index (χ0v) is 15.4. The molecule has 1 fully saturated rings. The molecule has 1 saturated carbocycles. The van der Waals surface area contributed by atoms with E-state index >= 15 is 0 Å². The fourth-order valence-electron chi connectivity index (χ4n) is 2.98. The number of carbonyl (C=O) groups excluding carboxylic acids is 2. The van der Waals surface area contributed by atoms with Crippen molar-refractivity contribution in [2.24, 2.45) is 17.3 Å². The summed E-state index contributed by atoms with van der Waals surface area (Å²) in [6.45, 7) is 6.61. The Kier molecular flexibility index (Phi) is 6.67. The smallest absolute Gasteiger partial charge is 0.471 e. The standard InChI is InChI=1S/C16H25F3N2O5/c1-8-10(15(8,3)4)6-21(7-11(22)23)13(24)12(9(2)26-5)20-14(25)16(17,18)19/h8-10,12H,6-7H2,1-5H3,(H,20,25)(H,22,23)/t8?,9-,10+,12+/m1/s1. The highest BCUT2D eigenvalue weighted by molar-refractivity contribution is 5.91. The average Bonchev–Trinajstić information content (AvgIpc) is 2.98. The summed E-state index contributed by atoms with van der Waals surface area (Å²) in [6.07, 6.45) is -6.24. The summed E-state index contributed by atoms with van der Waals surface area (Å²) in [5.74, 6) is -4.25. The van der Waals surface area contributed by atoms with E-state index in [-0.39, 0.29) is 23.8 Å². The maximum atomic E-state index is 12.7. The van der Waals surface area contributed by atoms with Crippen LogP contribution < -0.4 is 5.32 Å². The number of ether oxygens (including phenoxy) is 1. The molecule has 1 rings (SSSR count). The third-order valence-electron chi connectivity index (χ3n) is 5.33. The third-order valence-corrected chi connectivity index (χ3v) is 5.33. The van der Waals surface area contributed by atoms with Crippen LogP contribution in [0.2, 0.25) is 0 Å². The number of alkyl halides is 3. The summed E-state index contributed by atoms with van der Waals surface area (Å²) >= 11 is 0. The largest absolute Gasteiger partial charge is 0.480 e. The van der Waals surface area contributed by atoms with Crippen molar-refractivity contribution in [2.45, 2.75) is 46.0 Å². The van der Waals surface area contributed by atoms with E-state index in [1.807, 2.05) is 20.8 Å². The Hall–Kier alpha value is -1.84. The summed E-state index contributed by atoms with van der Waals surface area (Å²) < 4.78 is 42.6.